The first-order valence-electron chi connectivity index (χ1n) is 12.2. The SMILES string of the molecule is O=C(NC1CCCC1)[C@@H](Cc1ccccc1)N(Cc1ccc(Cl)cc1Cl)C(=O)Cc1cccc(Cl)c1. The molecule has 7 heteroatoms. The molecule has 3 aromatic carbocycles. The highest BCUT2D eigenvalue weighted by Gasteiger charge is 2.32. The van der Waals surface area contributed by atoms with E-state index in [0.29, 0.717) is 21.5 Å². The van der Waals surface area contributed by atoms with Crippen molar-refractivity contribution in [1.82, 2.24) is 10.2 Å². The first-order chi connectivity index (χ1) is 17.4. The number of carbonyl (C=O) groups is 2. The van der Waals surface area contributed by atoms with Crippen molar-refractivity contribution in [3.05, 3.63) is 105 Å². The third kappa shape index (κ3) is 7.25. The summed E-state index contributed by atoms with van der Waals surface area (Å²) >= 11 is 18.8. The molecule has 1 saturated carbocycles. The van der Waals surface area contributed by atoms with Gasteiger partial charge in [0, 0.05) is 34.1 Å². The fourth-order valence-electron chi connectivity index (χ4n) is 4.68. The van der Waals surface area contributed by atoms with E-state index in [2.05, 4.69) is 5.32 Å². The third-order valence-electron chi connectivity index (χ3n) is 6.57. The molecule has 2 amide bonds. The Labute approximate surface area is 227 Å². The van der Waals surface area contributed by atoms with E-state index in [-0.39, 0.29) is 30.8 Å². The van der Waals surface area contributed by atoms with Gasteiger partial charge in [0.1, 0.15) is 6.04 Å². The van der Waals surface area contributed by atoms with Gasteiger partial charge in [-0.25, -0.2) is 0 Å². The van der Waals surface area contributed by atoms with E-state index in [9.17, 15) is 9.59 Å². The highest BCUT2D eigenvalue weighted by atomic mass is 35.5. The minimum Gasteiger partial charge on any atom is -0.352 e. The molecule has 0 aromatic heterocycles. The lowest BCUT2D eigenvalue weighted by Crippen LogP contribution is -2.52. The molecule has 1 aliphatic carbocycles. The van der Waals surface area contributed by atoms with Crippen molar-refractivity contribution < 1.29 is 9.59 Å². The molecule has 36 heavy (non-hydrogen) atoms. The van der Waals surface area contributed by atoms with E-state index in [1.54, 1.807) is 35.2 Å². The van der Waals surface area contributed by atoms with Gasteiger partial charge in [-0.2, -0.15) is 0 Å². The van der Waals surface area contributed by atoms with Crippen LogP contribution in [0, 0.1) is 0 Å². The van der Waals surface area contributed by atoms with Crippen LogP contribution in [0.4, 0.5) is 0 Å². The molecule has 4 nitrogen and oxygen atoms in total. The van der Waals surface area contributed by atoms with Gasteiger partial charge in [0.15, 0.2) is 0 Å². The Morgan fingerprint density at radius 1 is 0.861 bits per heavy atom. The van der Waals surface area contributed by atoms with Crippen LogP contribution in [0.15, 0.2) is 72.8 Å². The molecule has 4 rings (SSSR count). The number of hydrogen-bond donors (Lipinski definition) is 1. The molecule has 0 radical (unpaired) electrons. The minimum atomic E-state index is -0.702. The lowest BCUT2D eigenvalue weighted by molar-refractivity contribution is -0.141. The lowest BCUT2D eigenvalue weighted by atomic mass is 10.0. The second kappa shape index (κ2) is 12.6. The first kappa shape index (κ1) is 26.5. The topological polar surface area (TPSA) is 49.4 Å². The predicted octanol–water partition coefficient (Wildman–Crippen LogP) is 6.89. The van der Waals surface area contributed by atoms with Gasteiger partial charge in [0.05, 0.1) is 6.42 Å². The number of nitrogens with zero attached hydrogens (tertiary/aromatic N) is 1. The summed E-state index contributed by atoms with van der Waals surface area (Å²) in [5.74, 6) is -0.318. The van der Waals surface area contributed by atoms with Crippen LogP contribution >= 0.6 is 34.8 Å². The summed E-state index contributed by atoms with van der Waals surface area (Å²) in [6, 6.07) is 21.6. The molecular weight excluding hydrogens is 515 g/mol. The van der Waals surface area contributed by atoms with Crippen LogP contribution < -0.4 is 5.32 Å². The Kier molecular flexibility index (Phi) is 9.30. The van der Waals surface area contributed by atoms with Crippen LogP contribution in [0.25, 0.3) is 0 Å². The fraction of sp³-hybridized carbons (Fsp3) is 0.310. The zero-order chi connectivity index (χ0) is 25.5. The third-order valence-corrected chi connectivity index (χ3v) is 7.39. The standard InChI is InChI=1S/C29H29Cl3N2O2/c30-23-10-6-9-21(15-23)17-28(35)34(19-22-13-14-24(31)18-26(22)32)27(16-20-7-2-1-3-8-20)29(36)33-25-11-4-5-12-25/h1-3,6-10,13-15,18,25,27H,4-5,11-12,16-17,19H2,(H,33,36)/t27-/m1/s1. The quantitative estimate of drug-likeness (QED) is 0.319. The molecule has 188 valence electrons. The molecule has 0 spiro atoms. The van der Waals surface area contributed by atoms with Crippen molar-refractivity contribution in [1.29, 1.82) is 0 Å². The summed E-state index contributed by atoms with van der Waals surface area (Å²) in [6.45, 7) is 0.186. The number of carbonyl (C=O) groups excluding carboxylic acids is 2. The van der Waals surface area contributed by atoms with Gasteiger partial charge in [-0.05, 0) is 53.8 Å². The van der Waals surface area contributed by atoms with E-state index < -0.39 is 6.04 Å². The zero-order valence-corrected chi connectivity index (χ0v) is 22.2. The van der Waals surface area contributed by atoms with Gasteiger partial charge in [-0.3, -0.25) is 9.59 Å². The second-order valence-electron chi connectivity index (χ2n) is 9.26. The van der Waals surface area contributed by atoms with Gasteiger partial charge in [-0.15, -0.1) is 0 Å². The molecule has 0 unspecified atom stereocenters. The highest BCUT2D eigenvalue weighted by molar-refractivity contribution is 6.35. The van der Waals surface area contributed by atoms with Gasteiger partial charge in [0.25, 0.3) is 0 Å². The van der Waals surface area contributed by atoms with Gasteiger partial charge in [-0.1, -0.05) is 96.2 Å². The number of nitrogens with one attached hydrogen (secondary N) is 1. The van der Waals surface area contributed by atoms with Crippen molar-refractivity contribution in [3.8, 4) is 0 Å². The molecule has 3 aromatic rings. The smallest absolute Gasteiger partial charge is 0.243 e. The summed E-state index contributed by atoms with van der Waals surface area (Å²) in [5.41, 5.74) is 2.49. The van der Waals surface area contributed by atoms with Crippen LogP contribution in [0.1, 0.15) is 42.4 Å². The number of halogens is 3. The van der Waals surface area contributed by atoms with Crippen LogP contribution in [0.3, 0.4) is 0 Å². The molecule has 0 saturated heterocycles. The Balaban J connectivity index is 1.68. The molecule has 1 fully saturated rings. The van der Waals surface area contributed by atoms with Crippen LogP contribution in [-0.2, 0) is 29.0 Å². The lowest BCUT2D eigenvalue weighted by Gasteiger charge is -2.32. The van der Waals surface area contributed by atoms with Crippen molar-refractivity contribution in [3.63, 3.8) is 0 Å². The zero-order valence-electron chi connectivity index (χ0n) is 19.9. The average Bonchev–Trinajstić information content (AvgIpc) is 3.36. The van der Waals surface area contributed by atoms with Gasteiger partial charge in [0.2, 0.25) is 11.8 Å². The minimum absolute atomic E-state index is 0.119. The number of hydrogen-bond acceptors (Lipinski definition) is 2. The monoisotopic (exact) mass is 542 g/mol. The summed E-state index contributed by atoms with van der Waals surface area (Å²) in [4.78, 5) is 29.2. The molecule has 0 heterocycles. The Morgan fingerprint density at radius 2 is 1.56 bits per heavy atom. The molecule has 1 aliphatic rings. The Bertz CT molecular complexity index is 1200. The molecule has 1 atom stereocenters. The second-order valence-corrected chi connectivity index (χ2v) is 10.5. The molecular formula is C29H29Cl3N2O2. The Morgan fingerprint density at radius 3 is 2.25 bits per heavy atom. The normalized spacial score (nSPS) is 14.4. The number of rotatable bonds is 9. The van der Waals surface area contributed by atoms with Crippen LogP contribution in [0.5, 0.6) is 0 Å². The molecule has 0 bridgehead atoms. The van der Waals surface area contributed by atoms with Crippen LogP contribution in [-0.4, -0.2) is 28.8 Å². The van der Waals surface area contributed by atoms with Gasteiger partial charge >= 0.3 is 0 Å². The van der Waals surface area contributed by atoms with E-state index >= 15 is 0 Å². The summed E-state index contributed by atoms with van der Waals surface area (Å²) in [5, 5.41) is 4.74. The van der Waals surface area contributed by atoms with Crippen molar-refractivity contribution >= 4 is 46.6 Å². The largest absolute Gasteiger partial charge is 0.352 e. The maximum atomic E-state index is 13.8. The highest BCUT2D eigenvalue weighted by Crippen LogP contribution is 2.25. The maximum absolute atomic E-state index is 13.8. The Hall–Kier alpha value is -2.53. The van der Waals surface area contributed by atoms with Gasteiger partial charge < -0.3 is 10.2 Å². The summed E-state index contributed by atoms with van der Waals surface area (Å²) in [6.07, 6.45) is 4.64. The van der Waals surface area contributed by atoms with E-state index in [0.717, 1.165) is 42.4 Å². The number of amides is 2. The average molecular weight is 544 g/mol. The van der Waals surface area contributed by atoms with E-state index in [1.165, 1.54) is 0 Å². The predicted molar refractivity (Wildman–Crippen MR) is 147 cm³/mol. The van der Waals surface area contributed by atoms with Crippen molar-refractivity contribution in [2.75, 3.05) is 0 Å². The van der Waals surface area contributed by atoms with E-state index in [1.807, 2.05) is 42.5 Å². The van der Waals surface area contributed by atoms with Crippen LogP contribution in [0.2, 0.25) is 15.1 Å². The van der Waals surface area contributed by atoms with Crippen molar-refractivity contribution in [2.45, 2.75) is 57.2 Å². The molecule has 1 N–H and O–H groups in total. The first-order valence-corrected chi connectivity index (χ1v) is 13.3. The number of benzene rings is 3. The molecule has 0 aliphatic heterocycles. The fourth-order valence-corrected chi connectivity index (χ4v) is 5.36. The summed E-state index contributed by atoms with van der Waals surface area (Å²) < 4.78 is 0. The maximum Gasteiger partial charge on any atom is 0.243 e. The summed E-state index contributed by atoms with van der Waals surface area (Å²) in [7, 11) is 0. The van der Waals surface area contributed by atoms with Crippen molar-refractivity contribution in [2.24, 2.45) is 0 Å². The van der Waals surface area contributed by atoms with E-state index in [4.69, 9.17) is 34.8 Å².